The number of non-ortho nitro benzene ring substituents is 1. The van der Waals surface area contributed by atoms with Gasteiger partial charge in [-0.05, 0) is 12.8 Å². The summed E-state index contributed by atoms with van der Waals surface area (Å²) in [6.45, 7) is 0. The molecule has 0 radical (unpaired) electrons. The summed E-state index contributed by atoms with van der Waals surface area (Å²) in [6.07, 6.45) is 3.19. The number of nitro groups is 1. The number of benzene rings is 1. The number of anilines is 1. The minimum Gasteiger partial charge on any atom is -0.481 e. The molecule has 1 aromatic carbocycles. The summed E-state index contributed by atoms with van der Waals surface area (Å²) in [5.41, 5.74) is -0.448. The summed E-state index contributed by atoms with van der Waals surface area (Å²) in [7, 11) is 0. The van der Waals surface area contributed by atoms with Gasteiger partial charge in [0.2, 0.25) is 0 Å². The van der Waals surface area contributed by atoms with Gasteiger partial charge in [0.25, 0.3) is 5.69 Å². The van der Waals surface area contributed by atoms with Gasteiger partial charge < -0.3 is 10.4 Å². The molecule has 1 aliphatic rings. The molecule has 0 unspecified atom stereocenters. The molecule has 1 fully saturated rings. The molecule has 8 heteroatoms. The van der Waals surface area contributed by atoms with Crippen molar-refractivity contribution in [2.24, 2.45) is 0 Å². The van der Waals surface area contributed by atoms with Crippen LogP contribution in [0.15, 0.2) is 12.1 Å². The van der Waals surface area contributed by atoms with Gasteiger partial charge in [0, 0.05) is 17.7 Å². The first-order chi connectivity index (χ1) is 9.83. The number of halogens is 2. The van der Waals surface area contributed by atoms with Crippen LogP contribution in [-0.4, -0.2) is 21.5 Å². The van der Waals surface area contributed by atoms with Crippen LogP contribution in [0.3, 0.4) is 0 Å². The first-order valence-electron chi connectivity index (χ1n) is 6.46. The molecule has 0 amide bonds. The van der Waals surface area contributed by atoms with Gasteiger partial charge in [0.15, 0.2) is 0 Å². The van der Waals surface area contributed by atoms with Gasteiger partial charge in [-0.15, -0.1) is 0 Å². The molecular weight excluding hydrogens is 319 g/mol. The van der Waals surface area contributed by atoms with Crippen molar-refractivity contribution < 1.29 is 14.8 Å². The molecule has 0 atom stereocenters. The Morgan fingerprint density at radius 3 is 2.29 bits per heavy atom. The number of rotatable bonds is 5. The lowest BCUT2D eigenvalue weighted by atomic mass is 9.92. The Morgan fingerprint density at radius 1 is 1.33 bits per heavy atom. The van der Waals surface area contributed by atoms with Gasteiger partial charge in [0.05, 0.1) is 27.1 Å². The lowest BCUT2D eigenvalue weighted by Gasteiger charge is -2.30. The molecule has 0 aromatic heterocycles. The fraction of sp³-hybridized carbons (Fsp3) is 0.462. The van der Waals surface area contributed by atoms with Crippen LogP contribution in [0.2, 0.25) is 10.0 Å². The van der Waals surface area contributed by atoms with Crippen LogP contribution in [0.1, 0.15) is 32.1 Å². The van der Waals surface area contributed by atoms with Crippen LogP contribution in [0, 0.1) is 10.1 Å². The van der Waals surface area contributed by atoms with E-state index in [1.807, 2.05) is 0 Å². The van der Waals surface area contributed by atoms with E-state index in [1.165, 1.54) is 12.1 Å². The highest BCUT2D eigenvalue weighted by molar-refractivity contribution is 6.39. The second-order valence-corrected chi connectivity index (χ2v) is 6.04. The molecule has 0 heterocycles. The molecular formula is C13H14Cl2N2O4. The average molecular weight is 333 g/mol. The number of hydrogen-bond donors (Lipinski definition) is 2. The van der Waals surface area contributed by atoms with Crippen molar-refractivity contribution in [3.8, 4) is 0 Å². The van der Waals surface area contributed by atoms with Crippen LogP contribution in [-0.2, 0) is 4.79 Å². The topological polar surface area (TPSA) is 92.5 Å². The minimum atomic E-state index is -0.904. The van der Waals surface area contributed by atoms with Gasteiger partial charge in [-0.2, -0.15) is 0 Å². The highest BCUT2D eigenvalue weighted by Gasteiger charge is 2.37. The average Bonchev–Trinajstić information content (AvgIpc) is 2.81. The third-order valence-corrected chi connectivity index (χ3v) is 4.27. The zero-order chi connectivity index (χ0) is 15.6. The molecule has 0 aliphatic heterocycles. The fourth-order valence-electron chi connectivity index (χ4n) is 2.74. The minimum absolute atomic E-state index is 0.0450. The predicted molar refractivity (Wildman–Crippen MR) is 80.2 cm³/mol. The van der Waals surface area contributed by atoms with E-state index >= 15 is 0 Å². The molecule has 1 saturated carbocycles. The molecule has 6 nitrogen and oxygen atoms in total. The predicted octanol–water partition coefficient (Wildman–Crippen LogP) is 4.10. The lowest BCUT2D eigenvalue weighted by Crippen LogP contribution is -2.37. The van der Waals surface area contributed by atoms with Crippen molar-refractivity contribution in [3.05, 3.63) is 32.3 Å². The Balaban J connectivity index is 2.33. The monoisotopic (exact) mass is 332 g/mol. The van der Waals surface area contributed by atoms with E-state index in [0.29, 0.717) is 18.5 Å². The van der Waals surface area contributed by atoms with Crippen molar-refractivity contribution >= 4 is 40.5 Å². The van der Waals surface area contributed by atoms with E-state index in [4.69, 9.17) is 28.3 Å². The molecule has 114 valence electrons. The number of nitro benzene ring substituents is 1. The van der Waals surface area contributed by atoms with E-state index in [-0.39, 0.29) is 22.2 Å². The highest BCUT2D eigenvalue weighted by Crippen LogP contribution is 2.41. The Kier molecular flexibility index (Phi) is 4.58. The second kappa shape index (κ2) is 6.07. The summed E-state index contributed by atoms with van der Waals surface area (Å²) in [4.78, 5) is 21.2. The quantitative estimate of drug-likeness (QED) is 0.625. The number of nitrogens with one attached hydrogen (secondary N) is 1. The molecule has 2 rings (SSSR count). The van der Waals surface area contributed by atoms with Crippen LogP contribution in [0.4, 0.5) is 11.4 Å². The number of nitrogens with zero attached hydrogens (tertiary/aromatic N) is 1. The van der Waals surface area contributed by atoms with Crippen molar-refractivity contribution in [2.75, 3.05) is 5.32 Å². The zero-order valence-corrected chi connectivity index (χ0v) is 12.6. The molecule has 1 aromatic rings. The molecule has 0 spiro atoms. The van der Waals surface area contributed by atoms with Gasteiger partial charge in [-0.3, -0.25) is 14.9 Å². The molecule has 0 saturated heterocycles. The van der Waals surface area contributed by atoms with Gasteiger partial charge >= 0.3 is 5.97 Å². The van der Waals surface area contributed by atoms with Gasteiger partial charge in [0.1, 0.15) is 0 Å². The summed E-state index contributed by atoms with van der Waals surface area (Å²) >= 11 is 12.1. The van der Waals surface area contributed by atoms with E-state index in [1.54, 1.807) is 0 Å². The van der Waals surface area contributed by atoms with E-state index in [0.717, 1.165) is 12.8 Å². The van der Waals surface area contributed by atoms with Crippen LogP contribution in [0.25, 0.3) is 0 Å². The maximum Gasteiger partial charge on any atom is 0.305 e. The Labute approximate surface area is 131 Å². The normalized spacial score (nSPS) is 16.7. The molecule has 2 N–H and O–H groups in total. The largest absolute Gasteiger partial charge is 0.481 e. The van der Waals surface area contributed by atoms with Gasteiger partial charge in [-0.1, -0.05) is 36.0 Å². The number of carboxylic acid groups (broad SMARTS) is 1. The van der Waals surface area contributed by atoms with E-state index in [2.05, 4.69) is 5.32 Å². The number of aliphatic carboxylic acids is 1. The maximum absolute atomic E-state index is 11.1. The van der Waals surface area contributed by atoms with Gasteiger partial charge in [-0.25, -0.2) is 0 Å². The Hall–Kier alpha value is -1.53. The second-order valence-electron chi connectivity index (χ2n) is 5.22. The van der Waals surface area contributed by atoms with Crippen molar-refractivity contribution in [3.63, 3.8) is 0 Å². The Morgan fingerprint density at radius 2 is 1.86 bits per heavy atom. The molecule has 1 aliphatic carbocycles. The van der Waals surface area contributed by atoms with E-state index in [9.17, 15) is 14.9 Å². The molecule has 21 heavy (non-hydrogen) atoms. The van der Waals surface area contributed by atoms with Crippen molar-refractivity contribution in [2.45, 2.75) is 37.6 Å². The summed E-state index contributed by atoms with van der Waals surface area (Å²) < 4.78 is 0. The fourth-order valence-corrected chi connectivity index (χ4v) is 3.31. The SMILES string of the molecule is O=C(O)CC1(Nc2c(Cl)cc([N+](=O)[O-])cc2Cl)CCCC1. The smallest absolute Gasteiger partial charge is 0.305 e. The first kappa shape index (κ1) is 15.9. The number of carbonyl (C=O) groups is 1. The maximum atomic E-state index is 11.1. The molecule has 0 bridgehead atoms. The highest BCUT2D eigenvalue weighted by atomic mass is 35.5. The summed E-state index contributed by atoms with van der Waals surface area (Å²) in [5, 5.41) is 23.2. The van der Waals surface area contributed by atoms with Crippen LogP contribution >= 0.6 is 23.2 Å². The Bertz CT molecular complexity index is 563. The standard InChI is InChI=1S/C13H14Cl2N2O4/c14-9-5-8(17(20)21)6-10(15)12(9)16-13(7-11(18)19)3-1-2-4-13/h5-6,16H,1-4,7H2,(H,18,19). The van der Waals surface area contributed by atoms with Crippen molar-refractivity contribution in [1.29, 1.82) is 0 Å². The van der Waals surface area contributed by atoms with Crippen LogP contribution in [0.5, 0.6) is 0 Å². The number of carboxylic acids is 1. The summed E-state index contributed by atoms with van der Waals surface area (Å²) in [6, 6.07) is 2.42. The third kappa shape index (κ3) is 3.57. The van der Waals surface area contributed by atoms with Crippen LogP contribution < -0.4 is 5.32 Å². The number of hydrogen-bond acceptors (Lipinski definition) is 4. The summed E-state index contributed by atoms with van der Waals surface area (Å²) in [5.74, 6) is -0.904. The zero-order valence-electron chi connectivity index (χ0n) is 11.1. The van der Waals surface area contributed by atoms with Crippen molar-refractivity contribution in [1.82, 2.24) is 0 Å². The lowest BCUT2D eigenvalue weighted by molar-refractivity contribution is -0.384. The van der Waals surface area contributed by atoms with E-state index < -0.39 is 16.4 Å². The third-order valence-electron chi connectivity index (χ3n) is 3.68. The first-order valence-corrected chi connectivity index (χ1v) is 7.22.